The average Bonchev–Trinajstić information content (AvgIpc) is 3.63. The first-order valence-corrected chi connectivity index (χ1v) is 18.0. The summed E-state index contributed by atoms with van der Waals surface area (Å²) in [6.07, 6.45) is 3.87. The molecule has 262 valence electrons. The molecule has 1 amide bonds. The van der Waals surface area contributed by atoms with Crippen molar-refractivity contribution in [2.45, 2.75) is 71.3 Å². The monoisotopic (exact) mass is 678 g/mol. The first kappa shape index (κ1) is 35.8. The molecule has 1 heterocycles. The second kappa shape index (κ2) is 14.7. The van der Waals surface area contributed by atoms with Crippen molar-refractivity contribution in [3.63, 3.8) is 0 Å². The molecule has 1 atom stereocenters. The Hall–Kier alpha value is -5.04. The maximum Gasteiger partial charge on any atom is 0.254 e. The summed E-state index contributed by atoms with van der Waals surface area (Å²) in [5.74, 6) is -0.180. The second-order valence-electron chi connectivity index (χ2n) is 14.4. The zero-order chi connectivity index (χ0) is 36.3. The van der Waals surface area contributed by atoms with Crippen molar-refractivity contribution < 1.29 is 9.90 Å². The zero-order valence-corrected chi connectivity index (χ0v) is 30.8. The first-order chi connectivity index (χ1) is 24.5. The van der Waals surface area contributed by atoms with Crippen LogP contribution in [-0.4, -0.2) is 44.6 Å². The Kier molecular flexibility index (Phi) is 10.3. The third kappa shape index (κ3) is 6.28. The van der Waals surface area contributed by atoms with Crippen LogP contribution in [0.3, 0.4) is 0 Å². The number of aromatic nitrogens is 2. The number of nitrogens with zero attached hydrogens (tertiary/aromatic N) is 3. The predicted octanol–water partition coefficient (Wildman–Crippen LogP) is 8.75. The van der Waals surface area contributed by atoms with Crippen LogP contribution in [0.2, 0.25) is 0 Å². The number of amides is 1. The van der Waals surface area contributed by atoms with Crippen LogP contribution in [0.5, 0.6) is 0 Å². The second-order valence-corrected chi connectivity index (χ2v) is 14.4. The summed E-state index contributed by atoms with van der Waals surface area (Å²) in [6.45, 7) is 12.8. The van der Waals surface area contributed by atoms with Gasteiger partial charge in [-0.3, -0.25) is 4.79 Å². The molecule has 2 N–H and O–H groups in total. The molecule has 0 aliphatic rings. The molecular weight excluding hydrogens is 629 g/mol. The SMILES string of the molecule is CNCc1c(C(=O)N(C(C)C)C(C)C)ccc2cc(C(O)(c3cn(C(c4ccccc4)(c4ccccc4)c4ccccc4)cn3)C(C)C)ccc12. The highest BCUT2D eigenvalue weighted by Crippen LogP contribution is 2.43. The Balaban J connectivity index is 1.52. The van der Waals surface area contributed by atoms with E-state index in [1.165, 1.54) is 0 Å². The molecular formula is C45H50N4O2. The smallest absolute Gasteiger partial charge is 0.254 e. The van der Waals surface area contributed by atoms with Crippen LogP contribution in [0.15, 0.2) is 134 Å². The van der Waals surface area contributed by atoms with Crippen LogP contribution < -0.4 is 5.32 Å². The van der Waals surface area contributed by atoms with E-state index in [4.69, 9.17) is 4.98 Å². The summed E-state index contributed by atoms with van der Waals surface area (Å²) in [5.41, 5.74) is 4.07. The van der Waals surface area contributed by atoms with Crippen LogP contribution in [0.25, 0.3) is 10.8 Å². The number of carbonyl (C=O) groups is 1. The Bertz CT molecular complexity index is 1980. The minimum Gasteiger partial charge on any atom is -0.378 e. The van der Waals surface area contributed by atoms with Gasteiger partial charge < -0.3 is 19.9 Å². The van der Waals surface area contributed by atoms with E-state index >= 15 is 0 Å². The van der Waals surface area contributed by atoms with Crippen molar-refractivity contribution in [3.8, 4) is 0 Å². The number of fused-ring (bicyclic) bond motifs is 1. The summed E-state index contributed by atoms with van der Waals surface area (Å²) in [4.78, 5) is 20.8. The Morgan fingerprint density at radius 2 is 1.27 bits per heavy atom. The van der Waals surface area contributed by atoms with Crippen LogP contribution in [0, 0.1) is 5.92 Å². The molecule has 0 radical (unpaired) electrons. The van der Waals surface area contributed by atoms with Gasteiger partial charge in [0.1, 0.15) is 11.1 Å². The third-order valence-electron chi connectivity index (χ3n) is 10.3. The molecule has 0 saturated carbocycles. The lowest BCUT2D eigenvalue weighted by molar-refractivity contribution is 0.0279. The molecule has 0 bridgehead atoms. The van der Waals surface area contributed by atoms with Gasteiger partial charge in [-0.05, 0) is 91.4 Å². The highest BCUT2D eigenvalue weighted by atomic mass is 16.3. The van der Waals surface area contributed by atoms with E-state index in [1.807, 2.05) is 74.7 Å². The van der Waals surface area contributed by atoms with E-state index in [-0.39, 0.29) is 23.9 Å². The fraction of sp³-hybridized carbons (Fsp3) is 0.289. The lowest BCUT2D eigenvalue weighted by Crippen LogP contribution is -2.42. The van der Waals surface area contributed by atoms with Crippen LogP contribution in [0.4, 0.5) is 0 Å². The molecule has 0 fully saturated rings. The molecule has 6 nitrogen and oxygen atoms in total. The van der Waals surface area contributed by atoms with E-state index < -0.39 is 11.1 Å². The van der Waals surface area contributed by atoms with Gasteiger partial charge in [-0.25, -0.2) is 4.98 Å². The molecule has 1 aromatic heterocycles. The summed E-state index contributed by atoms with van der Waals surface area (Å²) < 4.78 is 2.15. The highest BCUT2D eigenvalue weighted by molar-refractivity contribution is 6.02. The summed E-state index contributed by atoms with van der Waals surface area (Å²) in [7, 11) is 1.90. The Morgan fingerprint density at radius 1 is 0.745 bits per heavy atom. The van der Waals surface area contributed by atoms with Crippen molar-refractivity contribution in [2.75, 3.05) is 7.05 Å². The maximum atomic E-state index is 13.9. The molecule has 0 aliphatic heterocycles. The largest absolute Gasteiger partial charge is 0.378 e. The van der Waals surface area contributed by atoms with Gasteiger partial charge in [0.05, 0.1) is 12.0 Å². The van der Waals surface area contributed by atoms with Crippen LogP contribution in [-0.2, 0) is 17.7 Å². The summed E-state index contributed by atoms with van der Waals surface area (Å²) in [5, 5.41) is 18.1. The van der Waals surface area contributed by atoms with E-state index in [2.05, 4.69) is 123 Å². The number of benzene rings is 5. The summed E-state index contributed by atoms with van der Waals surface area (Å²) in [6, 6.07) is 41.6. The molecule has 6 rings (SSSR count). The minimum absolute atomic E-state index is 0.0270. The van der Waals surface area contributed by atoms with Gasteiger partial charge in [-0.1, -0.05) is 123 Å². The van der Waals surface area contributed by atoms with Crippen molar-refractivity contribution in [1.29, 1.82) is 0 Å². The average molecular weight is 679 g/mol. The predicted molar refractivity (Wildman–Crippen MR) is 208 cm³/mol. The molecule has 6 aromatic rings. The molecule has 51 heavy (non-hydrogen) atoms. The molecule has 5 aromatic carbocycles. The van der Waals surface area contributed by atoms with E-state index in [9.17, 15) is 9.90 Å². The van der Waals surface area contributed by atoms with Crippen molar-refractivity contribution in [3.05, 3.63) is 173 Å². The summed E-state index contributed by atoms with van der Waals surface area (Å²) >= 11 is 0. The van der Waals surface area contributed by atoms with E-state index in [0.29, 0.717) is 17.8 Å². The quantitative estimate of drug-likeness (QED) is 0.127. The van der Waals surface area contributed by atoms with Crippen LogP contribution >= 0.6 is 0 Å². The number of aliphatic hydroxyl groups is 1. The van der Waals surface area contributed by atoms with E-state index in [1.54, 1.807) is 0 Å². The maximum absolute atomic E-state index is 13.9. The normalized spacial score (nSPS) is 13.2. The number of hydrogen-bond acceptors (Lipinski definition) is 4. The molecule has 0 aliphatic carbocycles. The van der Waals surface area contributed by atoms with Gasteiger partial charge in [-0.15, -0.1) is 0 Å². The Morgan fingerprint density at radius 3 is 1.75 bits per heavy atom. The highest BCUT2D eigenvalue weighted by Gasteiger charge is 2.42. The zero-order valence-electron chi connectivity index (χ0n) is 30.8. The molecule has 1 unspecified atom stereocenters. The lowest BCUT2D eigenvalue weighted by Gasteiger charge is -2.37. The number of hydrogen-bond donors (Lipinski definition) is 2. The number of carbonyl (C=O) groups excluding carboxylic acids is 1. The third-order valence-corrected chi connectivity index (χ3v) is 10.3. The number of imidazole rings is 1. The van der Waals surface area contributed by atoms with Crippen molar-refractivity contribution in [1.82, 2.24) is 19.8 Å². The van der Waals surface area contributed by atoms with Gasteiger partial charge in [-0.2, -0.15) is 0 Å². The van der Waals surface area contributed by atoms with Gasteiger partial charge in [0.15, 0.2) is 0 Å². The fourth-order valence-electron chi connectivity index (χ4n) is 7.87. The minimum atomic E-state index is -1.40. The topological polar surface area (TPSA) is 70.4 Å². The van der Waals surface area contributed by atoms with E-state index in [0.717, 1.165) is 38.6 Å². The standard InChI is InChI=1S/C45H50N4O2/c1-31(2)45(51,38-24-26-39-34(27-38)23-25-40(41(39)28-46-7)43(50)49(32(3)4)33(5)6)42-29-48(30-47-42)44(35-17-11-8-12-18-35,36-19-13-9-14-20-36)37-21-15-10-16-22-37/h8-27,29-33,46,51H,28H2,1-7H3. The molecule has 0 spiro atoms. The Labute approximate surface area is 302 Å². The van der Waals surface area contributed by atoms with Gasteiger partial charge in [0.25, 0.3) is 5.91 Å². The fourth-order valence-corrected chi connectivity index (χ4v) is 7.87. The van der Waals surface area contributed by atoms with Crippen molar-refractivity contribution >= 4 is 16.7 Å². The number of nitrogens with one attached hydrogen (secondary N) is 1. The molecule has 0 saturated heterocycles. The van der Waals surface area contributed by atoms with Crippen molar-refractivity contribution in [2.24, 2.45) is 5.92 Å². The van der Waals surface area contributed by atoms with Gasteiger partial charge in [0.2, 0.25) is 0 Å². The van der Waals surface area contributed by atoms with Gasteiger partial charge in [0, 0.05) is 30.4 Å². The lowest BCUT2D eigenvalue weighted by atomic mass is 9.76. The van der Waals surface area contributed by atoms with Gasteiger partial charge >= 0.3 is 0 Å². The number of rotatable bonds is 12. The van der Waals surface area contributed by atoms with Crippen LogP contribution in [0.1, 0.15) is 85.4 Å². The first-order valence-electron chi connectivity index (χ1n) is 18.0. The molecule has 6 heteroatoms.